The van der Waals surface area contributed by atoms with E-state index in [2.05, 4.69) is 17.5 Å². The molecule has 0 atom stereocenters. The molecule has 0 radical (unpaired) electrons. The summed E-state index contributed by atoms with van der Waals surface area (Å²) in [5, 5.41) is 12.0. The van der Waals surface area contributed by atoms with Crippen molar-refractivity contribution in [3.63, 3.8) is 0 Å². The van der Waals surface area contributed by atoms with Crippen molar-refractivity contribution in [1.29, 1.82) is 5.26 Å². The maximum Gasteiger partial charge on any atom is 0.174 e. The van der Waals surface area contributed by atoms with Crippen molar-refractivity contribution < 1.29 is 4.74 Å². The highest BCUT2D eigenvalue weighted by molar-refractivity contribution is 5.28. The lowest BCUT2D eigenvalue weighted by molar-refractivity contribution is 0.367. The van der Waals surface area contributed by atoms with Crippen LogP contribution < -0.4 is 10.1 Å². The van der Waals surface area contributed by atoms with E-state index in [1.165, 1.54) is 31.2 Å². The van der Waals surface area contributed by atoms with E-state index in [1.807, 2.05) is 24.3 Å². The predicted octanol–water partition coefficient (Wildman–Crippen LogP) is 3.57. The van der Waals surface area contributed by atoms with Gasteiger partial charge in [0.25, 0.3) is 0 Å². The van der Waals surface area contributed by atoms with Gasteiger partial charge in [-0.1, -0.05) is 23.8 Å². The van der Waals surface area contributed by atoms with Gasteiger partial charge in [-0.05, 0) is 56.3 Å². The predicted molar refractivity (Wildman–Crippen MR) is 80.4 cm³/mol. The Hall–Kier alpha value is -1.79. The molecular weight excluding hydrogens is 248 g/mol. The fraction of sp³-hybridized carbons (Fsp3) is 0.471. The van der Waals surface area contributed by atoms with Crippen molar-refractivity contribution in [3.8, 4) is 11.8 Å². The van der Waals surface area contributed by atoms with Gasteiger partial charge in [0.1, 0.15) is 11.8 Å². The lowest BCUT2D eigenvalue weighted by atomic mass is 9.97. The number of ether oxygens (including phenoxy) is 1. The second kappa shape index (κ2) is 8.39. The van der Waals surface area contributed by atoms with Crippen LogP contribution in [0, 0.1) is 11.3 Å². The van der Waals surface area contributed by atoms with Crippen LogP contribution >= 0.6 is 0 Å². The summed E-state index contributed by atoms with van der Waals surface area (Å²) in [5.41, 5.74) is 2.80. The van der Waals surface area contributed by atoms with Gasteiger partial charge >= 0.3 is 0 Å². The van der Waals surface area contributed by atoms with Crippen LogP contribution in [0.3, 0.4) is 0 Å². The van der Waals surface area contributed by atoms with Crippen LogP contribution in [0.1, 0.15) is 37.7 Å². The van der Waals surface area contributed by atoms with Gasteiger partial charge in [0.15, 0.2) is 6.61 Å². The molecule has 106 valence electrons. The highest BCUT2D eigenvalue weighted by atomic mass is 16.5. The fourth-order valence-electron chi connectivity index (χ4n) is 2.47. The number of hydrogen-bond acceptors (Lipinski definition) is 3. The highest BCUT2D eigenvalue weighted by Gasteiger charge is 2.03. The molecule has 1 N–H and O–H groups in total. The van der Waals surface area contributed by atoms with E-state index in [9.17, 15) is 0 Å². The molecule has 1 aliphatic carbocycles. The average molecular weight is 270 g/mol. The Morgan fingerprint density at radius 1 is 1.30 bits per heavy atom. The number of nitriles is 1. The second-order valence-corrected chi connectivity index (χ2v) is 5.13. The molecule has 0 aliphatic heterocycles. The molecule has 20 heavy (non-hydrogen) atoms. The van der Waals surface area contributed by atoms with E-state index < -0.39 is 0 Å². The number of nitrogens with zero attached hydrogens (tertiary/aromatic N) is 1. The summed E-state index contributed by atoms with van der Waals surface area (Å²) in [6, 6.07) is 9.89. The molecule has 0 aromatic heterocycles. The summed E-state index contributed by atoms with van der Waals surface area (Å²) < 4.78 is 5.30. The quantitative estimate of drug-likeness (QED) is 0.608. The molecule has 0 bridgehead atoms. The van der Waals surface area contributed by atoms with E-state index in [0.29, 0.717) is 0 Å². The maximum atomic E-state index is 8.50. The van der Waals surface area contributed by atoms with Gasteiger partial charge in [0.05, 0.1) is 0 Å². The van der Waals surface area contributed by atoms with E-state index in [0.717, 1.165) is 25.3 Å². The number of rotatable bonds is 7. The first-order valence-electron chi connectivity index (χ1n) is 7.36. The Morgan fingerprint density at radius 2 is 2.25 bits per heavy atom. The second-order valence-electron chi connectivity index (χ2n) is 5.13. The normalized spacial score (nSPS) is 14.4. The van der Waals surface area contributed by atoms with Crippen LogP contribution in [0.4, 0.5) is 0 Å². The summed E-state index contributed by atoms with van der Waals surface area (Å²) in [5.74, 6) is 0.765. The molecule has 0 amide bonds. The van der Waals surface area contributed by atoms with Gasteiger partial charge in [-0.3, -0.25) is 0 Å². The van der Waals surface area contributed by atoms with Crippen LogP contribution in [0.2, 0.25) is 0 Å². The van der Waals surface area contributed by atoms with E-state index in [-0.39, 0.29) is 6.61 Å². The van der Waals surface area contributed by atoms with E-state index in [1.54, 1.807) is 5.57 Å². The SMILES string of the molecule is N#CCOc1cccc(CNCCC2=CCCCC2)c1. The van der Waals surface area contributed by atoms with Crippen molar-refractivity contribution in [2.24, 2.45) is 0 Å². The third kappa shape index (κ3) is 5.07. The van der Waals surface area contributed by atoms with Crippen molar-refractivity contribution in [2.75, 3.05) is 13.2 Å². The molecule has 0 fully saturated rings. The molecule has 0 heterocycles. The van der Waals surface area contributed by atoms with Crippen LogP contribution in [0.5, 0.6) is 5.75 Å². The monoisotopic (exact) mass is 270 g/mol. The lowest BCUT2D eigenvalue weighted by Crippen LogP contribution is -2.15. The van der Waals surface area contributed by atoms with Crippen LogP contribution in [0.25, 0.3) is 0 Å². The number of hydrogen-bond donors (Lipinski definition) is 1. The first-order valence-corrected chi connectivity index (χ1v) is 7.36. The Morgan fingerprint density at radius 3 is 3.05 bits per heavy atom. The molecule has 0 saturated carbocycles. The number of nitrogens with one attached hydrogen (secondary N) is 1. The van der Waals surface area contributed by atoms with Gasteiger partial charge in [0.2, 0.25) is 0 Å². The summed E-state index contributed by atoms with van der Waals surface area (Å²) >= 11 is 0. The third-order valence-electron chi connectivity index (χ3n) is 3.54. The molecular formula is C17H22N2O. The molecule has 0 unspecified atom stereocenters. The molecule has 3 heteroatoms. The third-order valence-corrected chi connectivity index (χ3v) is 3.54. The first-order chi connectivity index (χ1) is 9.88. The Labute approximate surface area is 121 Å². The van der Waals surface area contributed by atoms with Crippen molar-refractivity contribution in [1.82, 2.24) is 5.32 Å². The molecule has 1 aromatic carbocycles. The smallest absolute Gasteiger partial charge is 0.174 e. The minimum absolute atomic E-state index is 0.102. The van der Waals surface area contributed by atoms with Crippen molar-refractivity contribution in [3.05, 3.63) is 41.5 Å². The van der Waals surface area contributed by atoms with Crippen LogP contribution in [-0.2, 0) is 6.54 Å². The van der Waals surface area contributed by atoms with E-state index in [4.69, 9.17) is 10.00 Å². The molecule has 1 aromatic rings. The molecule has 2 rings (SSSR count). The van der Waals surface area contributed by atoms with Gasteiger partial charge < -0.3 is 10.1 Å². The Balaban J connectivity index is 1.71. The van der Waals surface area contributed by atoms with Crippen molar-refractivity contribution in [2.45, 2.75) is 38.6 Å². The van der Waals surface area contributed by atoms with Gasteiger partial charge in [-0.2, -0.15) is 5.26 Å². The summed E-state index contributed by atoms with van der Waals surface area (Å²) in [6.07, 6.45) is 8.80. The molecule has 0 spiro atoms. The zero-order valence-corrected chi connectivity index (χ0v) is 11.9. The van der Waals surface area contributed by atoms with Crippen LogP contribution in [-0.4, -0.2) is 13.2 Å². The topological polar surface area (TPSA) is 45.0 Å². The number of allylic oxidation sites excluding steroid dienone is 1. The molecule has 1 aliphatic rings. The van der Waals surface area contributed by atoms with Crippen molar-refractivity contribution >= 4 is 0 Å². The first kappa shape index (κ1) is 14.6. The van der Waals surface area contributed by atoms with Crippen LogP contribution in [0.15, 0.2) is 35.9 Å². The van der Waals surface area contributed by atoms with E-state index >= 15 is 0 Å². The van der Waals surface area contributed by atoms with Gasteiger partial charge in [-0.25, -0.2) is 0 Å². The fourth-order valence-corrected chi connectivity index (χ4v) is 2.47. The lowest BCUT2D eigenvalue weighted by Gasteiger charge is -2.13. The summed E-state index contributed by atoms with van der Waals surface area (Å²) in [4.78, 5) is 0. The zero-order valence-electron chi connectivity index (χ0n) is 11.9. The Bertz CT molecular complexity index is 488. The minimum Gasteiger partial charge on any atom is -0.479 e. The van der Waals surface area contributed by atoms with Gasteiger partial charge in [0, 0.05) is 6.54 Å². The standard InChI is InChI=1S/C17H22N2O/c18-10-12-20-17-8-4-7-16(13-17)14-19-11-9-15-5-2-1-3-6-15/h4-5,7-8,13,19H,1-3,6,9,11-12,14H2. The minimum atomic E-state index is 0.102. The summed E-state index contributed by atoms with van der Waals surface area (Å²) in [7, 11) is 0. The number of benzene rings is 1. The Kier molecular flexibility index (Phi) is 6.13. The van der Waals surface area contributed by atoms with Gasteiger partial charge in [-0.15, -0.1) is 0 Å². The maximum absolute atomic E-state index is 8.50. The molecule has 3 nitrogen and oxygen atoms in total. The summed E-state index contributed by atoms with van der Waals surface area (Å²) in [6.45, 7) is 1.97. The largest absolute Gasteiger partial charge is 0.479 e. The average Bonchev–Trinajstić information content (AvgIpc) is 2.51. The molecule has 0 saturated heterocycles. The highest BCUT2D eigenvalue weighted by Crippen LogP contribution is 2.19. The zero-order chi connectivity index (χ0) is 14.0.